The van der Waals surface area contributed by atoms with Gasteiger partial charge in [0.1, 0.15) is 17.1 Å². The van der Waals surface area contributed by atoms with Crippen LogP contribution in [0.1, 0.15) is 24.2 Å². The second-order valence-corrected chi connectivity index (χ2v) is 8.58. The molecule has 2 aromatic heterocycles. The third kappa shape index (κ3) is 5.08. The normalized spacial score (nSPS) is 11.0. The van der Waals surface area contributed by atoms with Gasteiger partial charge in [0.25, 0.3) is 5.56 Å². The summed E-state index contributed by atoms with van der Waals surface area (Å²) in [6.45, 7) is 8.27. The number of H-pyrrole nitrogens is 1. The SMILES string of the molecule is C=CCn1c(SCC(=O)c2c(N)n(CC(C)C)c(=O)[nH]c2=O)nnc1-c1ccccc1OC. The number of methoxy groups -OCH3 is 1. The molecule has 0 saturated carbocycles. The molecule has 10 nitrogen and oxygen atoms in total. The van der Waals surface area contributed by atoms with Gasteiger partial charge in [-0.25, -0.2) is 4.79 Å². The average molecular weight is 471 g/mol. The standard InChI is InChI=1S/C22H26N6O4S/c1-5-10-27-19(14-8-6-7-9-16(14)32-4)25-26-22(27)33-12-15(29)17-18(23)28(11-13(2)3)21(31)24-20(17)30/h5-9,13H,1,10-12,23H2,2-4H3,(H,24,30,31). The molecule has 3 aromatic rings. The van der Waals surface area contributed by atoms with E-state index in [1.807, 2.05) is 38.1 Å². The van der Waals surface area contributed by atoms with Crippen molar-refractivity contribution in [2.24, 2.45) is 5.92 Å². The molecule has 0 aliphatic carbocycles. The summed E-state index contributed by atoms with van der Waals surface area (Å²) in [5.74, 6) is 0.529. The highest BCUT2D eigenvalue weighted by Gasteiger charge is 2.22. The van der Waals surface area contributed by atoms with E-state index in [4.69, 9.17) is 10.5 Å². The third-order valence-corrected chi connectivity index (χ3v) is 5.74. The van der Waals surface area contributed by atoms with Gasteiger partial charge in [-0.15, -0.1) is 16.8 Å². The number of ketones is 1. The number of benzene rings is 1. The predicted molar refractivity (Wildman–Crippen MR) is 128 cm³/mol. The number of nitrogen functional groups attached to an aromatic ring is 1. The Morgan fingerprint density at radius 3 is 2.67 bits per heavy atom. The molecule has 1 aromatic carbocycles. The Hall–Kier alpha value is -3.60. The number of aromatic nitrogens is 5. The Balaban J connectivity index is 1.91. The molecule has 0 unspecified atom stereocenters. The zero-order valence-electron chi connectivity index (χ0n) is 18.7. The van der Waals surface area contributed by atoms with Crippen LogP contribution in [0.4, 0.5) is 5.82 Å². The molecule has 0 spiro atoms. The van der Waals surface area contributed by atoms with Crippen LogP contribution in [0, 0.1) is 5.92 Å². The van der Waals surface area contributed by atoms with E-state index in [1.54, 1.807) is 17.8 Å². The number of carbonyl (C=O) groups excluding carboxylic acids is 1. The van der Waals surface area contributed by atoms with Gasteiger partial charge in [0.05, 0.1) is 18.4 Å². The number of rotatable bonds is 10. The van der Waals surface area contributed by atoms with Crippen molar-refractivity contribution in [1.82, 2.24) is 24.3 Å². The van der Waals surface area contributed by atoms with Crippen LogP contribution in [0.25, 0.3) is 11.4 Å². The van der Waals surface area contributed by atoms with Crippen molar-refractivity contribution in [3.63, 3.8) is 0 Å². The molecule has 0 aliphatic rings. The summed E-state index contributed by atoms with van der Waals surface area (Å²) in [4.78, 5) is 39.6. The minimum absolute atomic E-state index is 0.0964. The number of Topliss-reactive ketones (excluding diaryl/α,β-unsaturated/α-hetero) is 1. The van der Waals surface area contributed by atoms with E-state index in [2.05, 4.69) is 21.8 Å². The monoisotopic (exact) mass is 470 g/mol. The van der Waals surface area contributed by atoms with E-state index >= 15 is 0 Å². The van der Waals surface area contributed by atoms with E-state index in [0.717, 1.165) is 17.3 Å². The molecule has 11 heteroatoms. The van der Waals surface area contributed by atoms with Crippen molar-refractivity contribution in [2.45, 2.75) is 32.1 Å². The van der Waals surface area contributed by atoms with Crippen molar-refractivity contribution in [2.75, 3.05) is 18.6 Å². The van der Waals surface area contributed by atoms with E-state index in [1.165, 1.54) is 4.57 Å². The molecule has 0 saturated heterocycles. The molecule has 3 rings (SSSR count). The smallest absolute Gasteiger partial charge is 0.329 e. The number of para-hydroxylation sites is 1. The second-order valence-electron chi connectivity index (χ2n) is 7.64. The van der Waals surface area contributed by atoms with Crippen molar-refractivity contribution >= 4 is 23.4 Å². The second kappa shape index (κ2) is 10.3. The maximum absolute atomic E-state index is 12.9. The fraction of sp³-hybridized carbons (Fsp3) is 0.318. The number of nitrogens with zero attached hydrogens (tertiary/aromatic N) is 4. The number of aromatic amines is 1. The van der Waals surface area contributed by atoms with E-state index < -0.39 is 17.0 Å². The Morgan fingerprint density at radius 1 is 1.27 bits per heavy atom. The number of nitrogens with two attached hydrogens (primary N) is 1. The zero-order chi connectivity index (χ0) is 24.1. The predicted octanol–water partition coefficient (Wildman–Crippen LogP) is 2.20. The van der Waals surface area contributed by atoms with Gasteiger partial charge in [-0.05, 0) is 18.1 Å². The third-order valence-electron chi connectivity index (χ3n) is 4.77. The number of hydrogen-bond donors (Lipinski definition) is 2. The van der Waals surface area contributed by atoms with Crippen molar-refractivity contribution in [1.29, 1.82) is 0 Å². The number of hydrogen-bond acceptors (Lipinski definition) is 8. The lowest BCUT2D eigenvalue weighted by Crippen LogP contribution is -2.37. The summed E-state index contributed by atoms with van der Waals surface area (Å²) in [6, 6.07) is 7.40. The van der Waals surface area contributed by atoms with E-state index in [0.29, 0.717) is 23.3 Å². The topological polar surface area (TPSA) is 138 Å². The average Bonchev–Trinajstić information content (AvgIpc) is 3.17. The molecule has 0 fully saturated rings. The van der Waals surface area contributed by atoms with Crippen LogP contribution >= 0.6 is 11.8 Å². The molecule has 0 atom stereocenters. The fourth-order valence-electron chi connectivity index (χ4n) is 3.32. The molecule has 33 heavy (non-hydrogen) atoms. The molecule has 0 radical (unpaired) electrons. The molecule has 174 valence electrons. The first-order chi connectivity index (χ1) is 15.8. The van der Waals surface area contributed by atoms with Gasteiger partial charge in [0.2, 0.25) is 0 Å². The summed E-state index contributed by atoms with van der Waals surface area (Å²) in [6.07, 6.45) is 1.69. The van der Waals surface area contributed by atoms with Crippen LogP contribution in [0.5, 0.6) is 5.75 Å². The molecule has 0 amide bonds. The van der Waals surface area contributed by atoms with Crippen molar-refractivity contribution in [3.05, 3.63) is 63.3 Å². The van der Waals surface area contributed by atoms with Crippen molar-refractivity contribution < 1.29 is 9.53 Å². The van der Waals surface area contributed by atoms with E-state index in [9.17, 15) is 14.4 Å². The van der Waals surface area contributed by atoms with Gasteiger partial charge in [-0.3, -0.25) is 23.7 Å². The highest BCUT2D eigenvalue weighted by Crippen LogP contribution is 2.31. The van der Waals surface area contributed by atoms with Gasteiger partial charge >= 0.3 is 5.69 Å². The summed E-state index contributed by atoms with van der Waals surface area (Å²) < 4.78 is 8.44. The highest BCUT2D eigenvalue weighted by atomic mass is 32.2. The van der Waals surface area contributed by atoms with Crippen molar-refractivity contribution in [3.8, 4) is 17.1 Å². The molecule has 0 aliphatic heterocycles. The molecule has 2 heterocycles. The van der Waals surface area contributed by atoms with Gasteiger partial charge in [-0.2, -0.15) is 0 Å². The number of thioether (sulfide) groups is 1. The zero-order valence-corrected chi connectivity index (χ0v) is 19.5. The number of ether oxygens (including phenoxy) is 1. The lowest BCUT2D eigenvalue weighted by atomic mass is 10.2. The summed E-state index contributed by atoms with van der Waals surface area (Å²) >= 11 is 1.12. The number of nitrogens with one attached hydrogen (secondary N) is 1. The Labute approximate surface area is 194 Å². The van der Waals surface area contributed by atoms with Crippen LogP contribution < -0.4 is 21.7 Å². The Bertz CT molecular complexity index is 1290. The van der Waals surface area contributed by atoms with E-state index in [-0.39, 0.29) is 29.6 Å². The first-order valence-electron chi connectivity index (χ1n) is 10.2. The minimum atomic E-state index is -0.801. The molecular formula is C22H26N6O4S. The highest BCUT2D eigenvalue weighted by molar-refractivity contribution is 7.99. The first-order valence-corrected chi connectivity index (χ1v) is 11.2. The maximum atomic E-state index is 12.9. The Kier molecular flexibility index (Phi) is 7.54. The van der Waals surface area contributed by atoms with Gasteiger partial charge < -0.3 is 10.5 Å². The number of anilines is 1. The molecule has 3 N–H and O–H groups in total. The lowest BCUT2D eigenvalue weighted by molar-refractivity contribution is 0.102. The van der Waals surface area contributed by atoms with Gasteiger partial charge in [0.15, 0.2) is 16.8 Å². The minimum Gasteiger partial charge on any atom is -0.496 e. The summed E-state index contributed by atoms with van der Waals surface area (Å²) in [5.41, 5.74) is 5.12. The van der Waals surface area contributed by atoms with Gasteiger partial charge in [-0.1, -0.05) is 43.8 Å². The Morgan fingerprint density at radius 2 is 2.00 bits per heavy atom. The van der Waals surface area contributed by atoms with Crippen LogP contribution in [-0.4, -0.2) is 43.0 Å². The lowest BCUT2D eigenvalue weighted by Gasteiger charge is -2.14. The van der Waals surface area contributed by atoms with Gasteiger partial charge in [0, 0.05) is 13.1 Å². The first kappa shape index (κ1) is 24.1. The maximum Gasteiger partial charge on any atom is 0.329 e. The fourth-order valence-corrected chi connectivity index (χ4v) is 4.14. The van der Waals surface area contributed by atoms with Crippen LogP contribution in [0.2, 0.25) is 0 Å². The quantitative estimate of drug-likeness (QED) is 0.261. The largest absolute Gasteiger partial charge is 0.496 e. The molecule has 0 bridgehead atoms. The number of carbonyl (C=O) groups is 1. The summed E-state index contributed by atoms with van der Waals surface area (Å²) in [7, 11) is 1.57. The van der Waals surface area contributed by atoms with Crippen LogP contribution in [0.3, 0.4) is 0 Å². The van der Waals surface area contributed by atoms with Crippen LogP contribution in [0.15, 0.2) is 51.7 Å². The number of allylic oxidation sites excluding steroid dienone is 1. The molecular weight excluding hydrogens is 444 g/mol. The van der Waals surface area contributed by atoms with Crippen LogP contribution in [-0.2, 0) is 13.1 Å². The summed E-state index contributed by atoms with van der Waals surface area (Å²) in [5, 5.41) is 8.96.